The molecular formula is C48H67NO10. The van der Waals surface area contributed by atoms with E-state index in [1.165, 1.54) is 12.1 Å². The van der Waals surface area contributed by atoms with Gasteiger partial charge in [0.05, 0.1) is 29.5 Å². The fourth-order valence-corrected chi connectivity index (χ4v) is 17.4. The molecule has 0 unspecified atom stereocenters. The van der Waals surface area contributed by atoms with Crippen molar-refractivity contribution in [2.75, 3.05) is 19.7 Å². The topological polar surface area (TPSA) is 200 Å². The number of hydrogen-bond donors (Lipinski definition) is 9. The highest BCUT2D eigenvalue weighted by atomic mass is 16.6. The van der Waals surface area contributed by atoms with E-state index in [-0.39, 0.29) is 79.2 Å². The van der Waals surface area contributed by atoms with E-state index in [9.17, 15) is 40.9 Å². The van der Waals surface area contributed by atoms with Crippen molar-refractivity contribution >= 4 is 5.78 Å². The van der Waals surface area contributed by atoms with E-state index >= 15 is 4.79 Å². The lowest BCUT2D eigenvalue weighted by Gasteiger charge is -2.69. The molecule has 324 valence electrons. The number of allylic oxidation sites excluding steroid dienone is 2. The Balaban J connectivity index is 1.14. The molecule has 6 fully saturated rings. The van der Waals surface area contributed by atoms with Gasteiger partial charge >= 0.3 is 0 Å². The first-order valence-corrected chi connectivity index (χ1v) is 22.8. The number of hydrogen-bond acceptors (Lipinski definition) is 11. The fourth-order valence-electron chi connectivity index (χ4n) is 17.4. The van der Waals surface area contributed by atoms with Crippen LogP contribution in [0.5, 0.6) is 11.5 Å². The molecule has 2 bridgehead atoms. The van der Waals surface area contributed by atoms with Crippen LogP contribution in [0.2, 0.25) is 0 Å². The highest BCUT2D eigenvalue weighted by Crippen LogP contribution is 2.80. The predicted molar refractivity (Wildman–Crippen MR) is 218 cm³/mol. The summed E-state index contributed by atoms with van der Waals surface area (Å²) in [6.45, 7) is 11.4. The molecule has 0 aromatic heterocycles. The Morgan fingerprint density at radius 1 is 0.966 bits per heavy atom. The summed E-state index contributed by atoms with van der Waals surface area (Å²) in [5.74, 6) is -3.85. The van der Waals surface area contributed by atoms with E-state index in [0.29, 0.717) is 36.1 Å². The van der Waals surface area contributed by atoms with E-state index in [0.717, 1.165) is 44.2 Å². The number of nitrogens with one attached hydrogen (secondary N) is 1. The Bertz CT molecular complexity index is 2030. The average molecular weight is 818 g/mol. The Kier molecular flexibility index (Phi) is 8.72. The molecule has 0 amide bonds. The van der Waals surface area contributed by atoms with E-state index < -0.39 is 74.7 Å². The lowest BCUT2D eigenvalue weighted by atomic mass is 9.36. The number of carbonyl (C=O) groups is 1. The van der Waals surface area contributed by atoms with Crippen molar-refractivity contribution in [2.45, 2.75) is 158 Å². The summed E-state index contributed by atoms with van der Waals surface area (Å²) in [7, 11) is 0. The number of phenolic OH excluding ortho intramolecular Hbond substituents is 2. The van der Waals surface area contributed by atoms with Gasteiger partial charge in [-0.15, -0.1) is 0 Å². The number of carbonyl (C=O) groups excluding carboxylic acids is 1. The number of ketones is 1. The van der Waals surface area contributed by atoms with Crippen molar-refractivity contribution in [3.63, 3.8) is 0 Å². The van der Waals surface area contributed by atoms with Gasteiger partial charge < -0.3 is 50.9 Å². The third-order valence-electron chi connectivity index (χ3n) is 19.6. The molecule has 11 nitrogen and oxygen atoms in total. The Morgan fingerprint density at radius 2 is 1.69 bits per heavy atom. The van der Waals surface area contributed by atoms with Crippen LogP contribution in [0, 0.1) is 51.2 Å². The summed E-state index contributed by atoms with van der Waals surface area (Å²) in [6.07, 6.45) is 7.23. The van der Waals surface area contributed by atoms with Gasteiger partial charge in [-0.2, -0.15) is 0 Å². The van der Waals surface area contributed by atoms with E-state index in [1.54, 1.807) is 6.08 Å². The SMILES string of the molecule is CCNCC1=C[C@]2(C)CC[C@@H]1[C@]1(O[C@H]3C[C@]4(O)C5=CC(=O)[C@H]6[C@@H]7c8cc(O)cc(O)c8CC[C@@]7(O)[C@@H](O)C[C@]6(C)[C@@H]5C5(CCCC5)C[C@]4(C)[C@@H]3[C@]1(O)CCO)[C@@H](O)[C@H]2C. The van der Waals surface area contributed by atoms with Crippen LogP contribution < -0.4 is 5.32 Å². The highest BCUT2D eigenvalue weighted by Gasteiger charge is 2.84. The van der Waals surface area contributed by atoms with E-state index in [4.69, 9.17) is 4.74 Å². The predicted octanol–water partition coefficient (Wildman–Crippen LogP) is 4.31. The van der Waals surface area contributed by atoms with Gasteiger partial charge in [-0.05, 0) is 115 Å². The number of aliphatic hydroxyl groups is 6. The van der Waals surface area contributed by atoms with Crippen LogP contribution in [-0.4, -0.2) is 107 Å². The zero-order valence-electron chi connectivity index (χ0n) is 35.5. The summed E-state index contributed by atoms with van der Waals surface area (Å²) in [4.78, 5) is 15.2. The van der Waals surface area contributed by atoms with Crippen LogP contribution >= 0.6 is 0 Å². The number of phenols is 2. The van der Waals surface area contributed by atoms with Crippen molar-refractivity contribution in [2.24, 2.45) is 51.2 Å². The van der Waals surface area contributed by atoms with Gasteiger partial charge in [0.1, 0.15) is 22.7 Å². The van der Waals surface area contributed by atoms with Crippen LogP contribution in [0.25, 0.3) is 0 Å². The van der Waals surface area contributed by atoms with Crippen molar-refractivity contribution in [1.82, 2.24) is 5.32 Å². The Hall–Kier alpha value is -2.35. The molecule has 1 heterocycles. The van der Waals surface area contributed by atoms with Gasteiger partial charge in [-0.1, -0.05) is 59.1 Å². The molecule has 59 heavy (non-hydrogen) atoms. The molecule has 2 spiro atoms. The van der Waals surface area contributed by atoms with E-state index in [2.05, 4.69) is 46.0 Å². The highest BCUT2D eigenvalue weighted by molar-refractivity contribution is 5.96. The number of rotatable bonds is 5. The van der Waals surface area contributed by atoms with Gasteiger partial charge in [0, 0.05) is 61.1 Å². The molecule has 5 saturated carbocycles. The molecule has 10 aliphatic rings. The van der Waals surface area contributed by atoms with Gasteiger partial charge in [0.25, 0.3) is 0 Å². The first-order chi connectivity index (χ1) is 27.8. The molecule has 16 atom stereocenters. The van der Waals surface area contributed by atoms with Gasteiger partial charge in [0.2, 0.25) is 0 Å². The minimum Gasteiger partial charge on any atom is -0.508 e. The number of benzene rings is 1. The normalized spacial score (nSPS) is 51.3. The second-order valence-electron chi connectivity index (χ2n) is 22.0. The second-order valence-corrected chi connectivity index (χ2v) is 22.0. The molecule has 11 heteroatoms. The van der Waals surface area contributed by atoms with Crippen LogP contribution in [-0.2, 0) is 16.0 Å². The average Bonchev–Trinajstić information content (AvgIpc) is 3.76. The maximum Gasteiger partial charge on any atom is 0.160 e. The first-order valence-electron chi connectivity index (χ1n) is 22.8. The standard InChI is InChI=1S/C48H67NO10/c1-6-49-23-26-20-41(3)13-10-30(26)48(40(55)25(41)2)46(57,15-16-50)39-34(59-48)21-47(58)31-19-33(53)37-36-29-17-27(51)18-32(52)28(29)9-14-45(36,56)35(54)22-42(37,4)38(31)44(11-7-8-12-44)24-43(39,47)5/h17-20,25,30,34-40,49-52,54-58H,6-16,21-24H2,1-5H3/t25-,30+,34+,35+,36+,37+,38-,39-,40+,41+,42+,43-,45-,46-,47+,48+/m1/s1. The van der Waals surface area contributed by atoms with Crippen molar-refractivity contribution < 1.29 is 50.4 Å². The van der Waals surface area contributed by atoms with Gasteiger partial charge in [-0.3, -0.25) is 4.79 Å². The van der Waals surface area contributed by atoms with E-state index in [1.807, 2.05) is 0 Å². The summed E-state index contributed by atoms with van der Waals surface area (Å²) in [5, 5.41) is 101. The summed E-state index contributed by atoms with van der Waals surface area (Å²) >= 11 is 0. The molecule has 9 N–H and O–H groups in total. The molecule has 1 aromatic carbocycles. The quantitative estimate of drug-likeness (QED) is 0.192. The number of likely N-dealkylation sites (N-methyl/N-ethyl adjacent to an activating group) is 1. The third-order valence-corrected chi connectivity index (χ3v) is 19.6. The largest absolute Gasteiger partial charge is 0.508 e. The zero-order valence-corrected chi connectivity index (χ0v) is 35.5. The summed E-state index contributed by atoms with van der Waals surface area (Å²) in [5.41, 5.74) is -6.40. The lowest BCUT2D eigenvalue weighted by Crippen LogP contribution is -2.72. The van der Waals surface area contributed by atoms with Crippen LogP contribution in [0.15, 0.2) is 35.4 Å². The smallest absolute Gasteiger partial charge is 0.160 e. The van der Waals surface area contributed by atoms with Crippen molar-refractivity contribution in [3.8, 4) is 11.5 Å². The molecule has 9 aliphatic carbocycles. The van der Waals surface area contributed by atoms with Crippen LogP contribution in [0.4, 0.5) is 0 Å². The number of aromatic hydroxyl groups is 2. The van der Waals surface area contributed by atoms with Crippen LogP contribution in [0.1, 0.15) is 122 Å². The number of fused-ring (bicyclic) bond motifs is 14. The van der Waals surface area contributed by atoms with Gasteiger partial charge in [-0.25, -0.2) is 0 Å². The first kappa shape index (κ1) is 40.7. The monoisotopic (exact) mass is 817 g/mol. The molecule has 0 radical (unpaired) electrons. The maximum atomic E-state index is 15.2. The number of ether oxygens (including phenoxy) is 1. The fraction of sp³-hybridized carbons (Fsp3) is 0.771. The summed E-state index contributed by atoms with van der Waals surface area (Å²) < 4.78 is 7.43. The third kappa shape index (κ3) is 4.70. The molecule has 11 rings (SSSR count). The van der Waals surface area contributed by atoms with Crippen molar-refractivity contribution in [3.05, 3.63) is 46.6 Å². The molecule has 1 aromatic rings. The lowest BCUT2D eigenvalue weighted by molar-refractivity contribution is -0.254. The Morgan fingerprint density at radius 3 is 2.39 bits per heavy atom. The molecule has 1 saturated heterocycles. The summed E-state index contributed by atoms with van der Waals surface area (Å²) in [6, 6.07) is 2.82. The minimum atomic E-state index is -1.74. The second kappa shape index (κ2) is 12.6. The zero-order chi connectivity index (χ0) is 42.1. The number of aliphatic hydroxyl groups excluding tert-OH is 3. The van der Waals surface area contributed by atoms with Crippen LogP contribution in [0.3, 0.4) is 0 Å². The molecular weight excluding hydrogens is 751 g/mol. The molecule has 1 aliphatic heterocycles. The van der Waals surface area contributed by atoms with Crippen molar-refractivity contribution in [1.29, 1.82) is 0 Å². The minimum absolute atomic E-state index is 0.0366. The Labute approximate surface area is 348 Å². The maximum absolute atomic E-state index is 15.2. The van der Waals surface area contributed by atoms with Gasteiger partial charge in [0.15, 0.2) is 5.78 Å².